The van der Waals surface area contributed by atoms with Crippen molar-refractivity contribution >= 4 is 0 Å². The van der Waals surface area contributed by atoms with Gasteiger partial charge < -0.3 is 0 Å². The Hall–Kier alpha value is -3.30. The Morgan fingerprint density at radius 1 is 0.324 bits per heavy atom. The van der Waals surface area contributed by atoms with Crippen LogP contribution in [0.15, 0.2) is 122 Å². The van der Waals surface area contributed by atoms with Crippen LogP contribution < -0.4 is 36.6 Å². The minimum Gasteiger partial charge on any atom is -0.218 e. The van der Waals surface area contributed by atoms with Crippen LogP contribution >= 0.6 is 0 Å². The van der Waals surface area contributed by atoms with Gasteiger partial charge in [-0.25, -0.2) is 19.9 Å². The van der Waals surface area contributed by atoms with Crippen molar-refractivity contribution in [3.05, 3.63) is 122 Å². The van der Waals surface area contributed by atoms with E-state index in [1.807, 2.05) is 122 Å². The van der Waals surface area contributed by atoms with Gasteiger partial charge in [-0.1, -0.05) is 24.3 Å². The Bertz CT molecular complexity index is 832. The Morgan fingerprint density at radius 3 is 0.471 bits per heavy atom. The smallest absolute Gasteiger partial charge is 0.166 e. The quantitative estimate of drug-likeness (QED) is 0.215. The molecule has 0 radical (unpaired) electrons. The van der Waals surface area contributed by atoms with Gasteiger partial charge in [0.15, 0.2) is 49.6 Å². The van der Waals surface area contributed by atoms with Gasteiger partial charge in [0.2, 0.25) is 0 Å². The van der Waals surface area contributed by atoms with E-state index in [4.69, 9.17) is 31.8 Å². The zero-order valence-electron chi connectivity index (χ0n) is 17.6. The molecule has 0 amide bonds. The molecular formula is C20H24Cr2N4O8. The summed E-state index contributed by atoms with van der Waals surface area (Å²) in [6.45, 7) is 0. The summed E-state index contributed by atoms with van der Waals surface area (Å²) in [6, 6.07) is 23.4. The van der Waals surface area contributed by atoms with Crippen LogP contribution in [0.2, 0.25) is 0 Å². The molecule has 0 aromatic carbocycles. The van der Waals surface area contributed by atoms with Crippen LogP contribution in [0.5, 0.6) is 0 Å². The maximum Gasteiger partial charge on any atom is 0.166 e. The second-order valence-corrected chi connectivity index (χ2v) is 7.68. The molecule has 14 heteroatoms. The fourth-order valence-electron chi connectivity index (χ4n) is 1.37. The minimum atomic E-state index is -5.75. The van der Waals surface area contributed by atoms with E-state index in [1.165, 1.54) is 0 Å². The van der Waals surface area contributed by atoms with E-state index in [2.05, 4.69) is 19.9 Å². The third-order valence-corrected chi connectivity index (χ3v) is 2.43. The normalized spacial score (nSPS) is 9.06. The van der Waals surface area contributed by atoms with E-state index in [1.54, 1.807) is 0 Å². The van der Waals surface area contributed by atoms with Crippen LogP contribution in [-0.2, 0) is 42.4 Å². The minimum absolute atomic E-state index is 1.88. The molecule has 4 N–H and O–H groups in total. The fraction of sp³-hybridized carbons (Fsp3) is 0. The van der Waals surface area contributed by atoms with Gasteiger partial charge in [0.25, 0.3) is 0 Å². The number of pyridine rings is 4. The largest absolute Gasteiger partial charge is 0.218 e. The van der Waals surface area contributed by atoms with Crippen molar-refractivity contribution in [1.29, 1.82) is 0 Å². The second kappa shape index (κ2) is 22.9. The Labute approximate surface area is 201 Å². The molecule has 184 valence electrons. The predicted octanol–water partition coefficient (Wildman–Crippen LogP) is -3.23. The Kier molecular flexibility index (Phi) is 22.1. The molecule has 0 bridgehead atoms. The van der Waals surface area contributed by atoms with Crippen LogP contribution in [0, 0.1) is 0 Å². The maximum absolute atomic E-state index is 8.59. The summed E-state index contributed by atoms with van der Waals surface area (Å²) in [6.07, 6.45) is 15.0. The first-order valence-corrected chi connectivity index (χ1v) is 13.1. The monoisotopic (exact) mass is 552 g/mol. The molecule has 4 rings (SSSR count). The second-order valence-electron chi connectivity index (χ2n) is 5.13. The van der Waals surface area contributed by atoms with Crippen molar-refractivity contribution < 1.29 is 79.0 Å². The van der Waals surface area contributed by atoms with Gasteiger partial charge in [-0.15, -0.1) is 0 Å². The first-order valence-electron chi connectivity index (χ1n) is 8.98. The van der Waals surface area contributed by atoms with E-state index < -0.39 is 27.2 Å². The zero-order chi connectivity index (χ0) is 26.0. The molecule has 4 aromatic heterocycles. The molecule has 0 atom stereocenters. The van der Waals surface area contributed by atoms with Crippen molar-refractivity contribution in [1.82, 2.24) is 0 Å². The van der Waals surface area contributed by atoms with Crippen molar-refractivity contribution in [2.75, 3.05) is 0 Å². The molecule has 0 spiro atoms. The molecule has 0 aliphatic carbocycles. The number of nitrogens with one attached hydrogen (secondary N) is 4. The van der Waals surface area contributed by atoms with E-state index in [9.17, 15) is 0 Å². The molecule has 0 fully saturated rings. The number of hydrogen-bond acceptors (Lipinski definition) is 8. The average Bonchev–Trinajstić information content (AvgIpc) is 2.83. The van der Waals surface area contributed by atoms with E-state index in [-0.39, 0.29) is 0 Å². The first-order chi connectivity index (χ1) is 16.0. The van der Waals surface area contributed by atoms with Gasteiger partial charge in [0, 0.05) is 48.5 Å². The van der Waals surface area contributed by atoms with E-state index in [0.29, 0.717) is 0 Å². The van der Waals surface area contributed by atoms with Gasteiger partial charge in [0.05, 0.1) is 0 Å². The van der Waals surface area contributed by atoms with Gasteiger partial charge in [0.1, 0.15) is 0 Å². The number of rotatable bonds is 0. The molecule has 0 aliphatic rings. The summed E-state index contributed by atoms with van der Waals surface area (Å²) in [4.78, 5) is 11.6. The molecule has 12 nitrogen and oxygen atoms in total. The standard InChI is InChI=1S/4C5H5N.2Cr.8O/c4*1-2-4-6-5-3-1;;;;;;;;;;/h4*1-5H;;;;;;;;;;/q;;;;;;;;;;4*-1/p+4. The molecule has 4 aromatic rings. The number of aromatic nitrogens is 4. The summed E-state index contributed by atoms with van der Waals surface area (Å²) in [5.74, 6) is 0. The van der Waals surface area contributed by atoms with Crippen molar-refractivity contribution in [3.63, 3.8) is 0 Å². The van der Waals surface area contributed by atoms with Crippen molar-refractivity contribution in [2.24, 2.45) is 0 Å². The number of hydrogen-bond donors (Lipinski definition) is 0. The third kappa shape index (κ3) is 51.4. The molecule has 34 heavy (non-hydrogen) atoms. The topological polar surface area (TPSA) is 217 Å². The summed E-state index contributed by atoms with van der Waals surface area (Å²) in [5, 5.41) is 0. The van der Waals surface area contributed by atoms with Crippen LogP contribution in [0.3, 0.4) is 0 Å². The van der Waals surface area contributed by atoms with Gasteiger partial charge in [-0.05, 0) is 0 Å². The van der Waals surface area contributed by atoms with Crippen LogP contribution in [0.1, 0.15) is 0 Å². The Balaban J connectivity index is 0. The van der Waals surface area contributed by atoms with Crippen molar-refractivity contribution in [2.45, 2.75) is 0 Å². The summed E-state index contributed by atoms with van der Waals surface area (Å²) in [7, 11) is 0. The molecule has 0 aliphatic heterocycles. The molecule has 0 saturated heterocycles. The van der Waals surface area contributed by atoms with Crippen molar-refractivity contribution in [3.8, 4) is 0 Å². The summed E-state index contributed by atoms with van der Waals surface area (Å²) < 4.78 is 68.8. The van der Waals surface area contributed by atoms with Crippen LogP contribution in [0.25, 0.3) is 0 Å². The van der Waals surface area contributed by atoms with E-state index in [0.717, 1.165) is 0 Å². The predicted molar refractivity (Wildman–Crippen MR) is 94.7 cm³/mol. The summed E-state index contributed by atoms with van der Waals surface area (Å²) >= 11 is -11.5. The molecular weight excluding hydrogens is 528 g/mol. The first kappa shape index (κ1) is 32.9. The molecule has 0 unspecified atom stereocenters. The average molecular weight is 552 g/mol. The van der Waals surface area contributed by atoms with Gasteiger partial charge in [-0.3, -0.25) is 0 Å². The fourth-order valence-corrected chi connectivity index (χ4v) is 1.37. The van der Waals surface area contributed by atoms with Crippen LogP contribution in [0.4, 0.5) is 0 Å². The molecule has 4 heterocycles. The Morgan fingerprint density at radius 2 is 0.441 bits per heavy atom. The maximum atomic E-state index is 8.59. The van der Waals surface area contributed by atoms with Gasteiger partial charge in [-0.2, -0.15) is 0 Å². The SMILES string of the molecule is [O]=[Cr](=[O])([O-])[O-].[O]=[Cr](=[O])([O-])[O-].c1cc[nH+]cc1.c1cc[nH+]cc1.c1cc[nH+]cc1.c1cc[nH+]cc1. The number of aromatic amines is 4. The van der Waals surface area contributed by atoms with Gasteiger partial charge >= 0.3 is 59.1 Å². The third-order valence-electron chi connectivity index (χ3n) is 2.43. The summed E-state index contributed by atoms with van der Waals surface area (Å²) in [5.41, 5.74) is 0. The van der Waals surface area contributed by atoms with Crippen LogP contribution in [-0.4, -0.2) is 0 Å². The number of H-pyrrole nitrogens is 4. The zero-order valence-corrected chi connectivity index (χ0v) is 20.2. The molecule has 0 saturated carbocycles. The van der Waals surface area contributed by atoms with E-state index >= 15 is 0 Å².